The molecule has 1 unspecified atom stereocenters. The maximum absolute atomic E-state index is 13.1. The van der Waals surface area contributed by atoms with Crippen LogP contribution >= 0.6 is 0 Å². The van der Waals surface area contributed by atoms with Gasteiger partial charge in [-0.05, 0) is 44.2 Å². The number of aromatic nitrogens is 4. The van der Waals surface area contributed by atoms with Crippen LogP contribution in [-0.4, -0.2) is 38.3 Å². The predicted octanol–water partition coefficient (Wildman–Crippen LogP) is 2.64. The van der Waals surface area contributed by atoms with E-state index in [4.69, 9.17) is 4.42 Å². The van der Waals surface area contributed by atoms with Gasteiger partial charge < -0.3 is 9.32 Å². The van der Waals surface area contributed by atoms with Crippen LogP contribution in [-0.2, 0) is 9.59 Å². The van der Waals surface area contributed by atoms with Crippen LogP contribution in [0, 0.1) is 11.7 Å². The zero-order valence-electron chi connectivity index (χ0n) is 15.9. The lowest BCUT2D eigenvalue weighted by Crippen LogP contribution is -2.28. The summed E-state index contributed by atoms with van der Waals surface area (Å²) in [6, 6.07) is 7.44. The van der Waals surface area contributed by atoms with E-state index in [1.165, 1.54) is 29.2 Å². The molecule has 1 atom stereocenters. The van der Waals surface area contributed by atoms with Crippen LogP contribution in [0.25, 0.3) is 11.6 Å². The van der Waals surface area contributed by atoms with Gasteiger partial charge in [0.15, 0.2) is 0 Å². The Morgan fingerprint density at radius 2 is 2.00 bits per heavy atom. The van der Waals surface area contributed by atoms with E-state index in [0.29, 0.717) is 11.4 Å². The van der Waals surface area contributed by atoms with Crippen LogP contribution < -0.4 is 10.2 Å². The van der Waals surface area contributed by atoms with Gasteiger partial charge in [0.05, 0.1) is 5.92 Å². The Kier molecular flexibility index (Phi) is 4.83. The van der Waals surface area contributed by atoms with Crippen LogP contribution in [0.3, 0.4) is 0 Å². The first-order valence-corrected chi connectivity index (χ1v) is 9.16. The minimum atomic E-state index is -0.581. The lowest BCUT2D eigenvalue weighted by Gasteiger charge is -2.16. The number of carbonyl (C=O) groups excluding carboxylic acids is 2. The van der Waals surface area contributed by atoms with E-state index in [-0.39, 0.29) is 42.6 Å². The van der Waals surface area contributed by atoms with Crippen LogP contribution in [0.15, 0.2) is 40.9 Å². The Balaban J connectivity index is 1.41. The van der Waals surface area contributed by atoms with Gasteiger partial charge in [0.1, 0.15) is 11.5 Å². The van der Waals surface area contributed by atoms with E-state index < -0.39 is 11.8 Å². The van der Waals surface area contributed by atoms with Crippen molar-refractivity contribution in [3.63, 3.8) is 0 Å². The maximum Gasteiger partial charge on any atom is 0.322 e. The van der Waals surface area contributed by atoms with Gasteiger partial charge in [-0.3, -0.25) is 19.6 Å². The molecule has 0 bridgehead atoms. The minimum Gasteiger partial charge on any atom is -0.401 e. The van der Waals surface area contributed by atoms with Crippen molar-refractivity contribution in [2.24, 2.45) is 5.92 Å². The summed E-state index contributed by atoms with van der Waals surface area (Å²) in [4.78, 5) is 26.3. The Labute approximate surface area is 165 Å². The number of carbonyl (C=O) groups is 2. The van der Waals surface area contributed by atoms with Crippen molar-refractivity contribution in [3.05, 3.63) is 42.3 Å². The minimum absolute atomic E-state index is 0.0446. The van der Waals surface area contributed by atoms with E-state index in [0.717, 1.165) is 0 Å². The molecule has 0 spiro atoms. The summed E-state index contributed by atoms with van der Waals surface area (Å²) in [6.45, 7) is 4.18. The van der Waals surface area contributed by atoms with E-state index >= 15 is 0 Å². The highest BCUT2D eigenvalue weighted by Gasteiger charge is 2.35. The SMILES string of the molecule is CC(C)n1ccc(-c2nnc(NC(=O)C3CC(=O)N(c4ccc(F)cc4)C3)o2)n1. The summed E-state index contributed by atoms with van der Waals surface area (Å²) >= 11 is 0. The number of amides is 2. The number of halogens is 1. The normalized spacial score (nSPS) is 16.6. The van der Waals surface area contributed by atoms with E-state index in [1.807, 2.05) is 13.8 Å². The molecular weight excluding hydrogens is 379 g/mol. The Hall–Kier alpha value is -3.56. The van der Waals surface area contributed by atoms with Crippen LogP contribution in [0.4, 0.5) is 16.1 Å². The molecule has 1 saturated heterocycles. The van der Waals surface area contributed by atoms with Gasteiger partial charge in [-0.2, -0.15) is 5.10 Å². The van der Waals surface area contributed by atoms with Gasteiger partial charge in [0, 0.05) is 30.9 Å². The first-order valence-electron chi connectivity index (χ1n) is 9.16. The monoisotopic (exact) mass is 398 g/mol. The second kappa shape index (κ2) is 7.46. The Morgan fingerprint density at radius 3 is 2.69 bits per heavy atom. The molecule has 9 nitrogen and oxygen atoms in total. The zero-order valence-corrected chi connectivity index (χ0v) is 15.9. The fourth-order valence-electron chi connectivity index (χ4n) is 3.08. The predicted molar refractivity (Wildman–Crippen MR) is 101 cm³/mol. The van der Waals surface area contributed by atoms with E-state index in [9.17, 15) is 14.0 Å². The van der Waals surface area contributed by atoms with E-state index in [1.54, 1.807) is 16.9 Å². The smallest absolute Gasteiger partial charge is 0.322 e. The summed E-state index contributed by atoms with van der Waals surface area (Å²) in [5, 5.41) is 14.6. The number of benzene rings is 1. The van der Waals surface area contributed by atoms with Crippen molar-refractivity contribution in [1.82, 2.24) is 20.0 Å². The van der Waals surface area contributed by atoms with Gasteiger partial charge in [-0.1, -0.05) is 5.10 Å². The zero-order chi connectivity index (χ0) is 20.5. The highest BCUT2D eigenvalue weighted by Crippen LogP contribution is 2.26. The number of nitrogens with zero attached hydrogens (tertiary/aromatic N) is 5. The fourth-order valence-corrected chi connectivity index (χ4v) is 3.08. The number of nitrogens with one attached hydrogen (secondary N) is 1. The molecule has 0 radical (unpaired) electrons. The topological polar surface area (TPSA) is 106 Å². The fraction of sp³-hybridized carbons (Fsp3) is 0.316. The molecule has 1 N–H and O–H groups in total. The van der Waals surface area contributed by atoms with Crippen molar-refractivity contribution in [2.75, 3.05) is 16.8 Å². The van der Waals surface area contributed by atoms with E-state index in [2.05, 4.69) is 20.6 Å². The number of rotatable bonds is 5. The molecule has 2 amide bonds. The third kappa shape index (κ3) is 3.86. The molecule has 1 aliphatic heterocycles. The Morgan fingerprint density at radius 1 is 1.24 bits per heavy atom. The Bertz CT molecular complexity index is 1040. The highest BCUT2D eigenvalue weighted by molar-refractivity contribution is 6.02. The van der Waals surface area contributed by atoms with Gasteiger partial charge in [0.25, 0.3) is 5.89 Å². The van der Waals surface area contributed by atoms with Crippen molar-refractivity contribution >= 4 is 23.5 Å². The summed E-state index contributed by atoms with van der Waals surface area (Å²) in [5.74, 6) is -1.38. The van der Waals surface area contributed by atoms with Gasteiger partial charge in [-0.15, -0.1) is 5.10 Å². The molecule has 0 aliphatic carbocycles. The highest BCUT2D eigenvalue weighted by atomic mass is 19.1. The number of hydrogen-bond acceptors (Lipinski definition) is 6. The van der Waals surface area contributed by atoms with Crippen LogP contribution in [0.5, 0.6) is 0 Å². The van der Waals surface area contributed by atoms with Crippen molar-refractivity contribution < 1.29 is 18.4 Å². The number of hydrogen-bond donors (Lipinski definition) is 1. The average molecular weight is 398 g/mol. The molecule has 1 fully saturated rings. The first kappa shape index (κ1) is 18.8. The molecule has 29 heavy (non-hydrogen) atoms. The summed E-state index contributed by atoms with van der Waals surface area (Å²) in [6.07, 6.45) is 1.85. The molecule has 3 aromatic rings. The first-order chi connectivity index (χ1) is 13.9. The lowest BCUT2D eigenvalue weighted by atomic mass is 10.1. The molecule has 150 valence electrons. The van der Waals surface area contributed by atoms with Crippen molar-refractivity contribution in [3.8, 4) is 11.6 Å². The molecule has 2 aromatic heterocycles. The standard InChI is InChI=1S/C19H19FN6O3/c1-11(2)26-8-7-15(24-26)18-22-23-19(29-18)21-17(28)12-9-16(27)25(10-12)14-5-3-13(20)4-6-14/h3-8,11-12H,9-10H2,1-2H3,(H,21,23,28). The second-order valence-electron chi connectivity index (χ2n) is 7.06. The largest absolute Gasteiger partial charge is 0.401 e. The summed E-state index contributed by atoms with van der Waals surface area (Å²) in [5.41, 5.74) is 1.05. The molecule has 1 aliphatic rings. The lowest BCUT2D eigenvalue weighted by molar-refractivity contribution is -0.122. The summed E-state index contributed by atoms with van der Waals surface area (Å²) < 4.78 is 20.3. The van der Waals surface area contributed by atoms with Gasteiger partial charge in [-0.25, -0.2) is 4.39 Å². The second-order valence-corrected chi connectivity index (χ2v) is 7.06. The third-order valence-corrected chi connectivity index (χ3v) is 4.65. The third-order valence-electron chi connectivity index (χ3n) is 4.65. The number of anilines is 2. The average Bonchev–Trinajstić information content (AvgIpc) is 3.41. The molecule has 0 saturated carbocycles. The molecular formula is C19H19FN6O3. The van der Waals surface area contributed by atoms with Gasteiger partial charge in [0.2, 0.25) is 11.8 Å². The molecule has 10 heteroatoms. The van der Waals surface area contributed by atoms with Crippen molar-refractivity contribution in [2.45, 2.75) is 26.3 Å². The van der Waals surface area contributed by atoms with Crippen molar-refractivity contribution in [1.29, 1.82) is 0 Å². The molecule has 1 aromatic carbocycles. The molecule has 3 heterocycles. The summed E-state index contributed by atoms with van der Waals surface area (Å²) in [7, 11) is 0. The van der Waals surface area contributed by atoms with Gasteiger partial charge >= 0.3 is 6.01 Å². The van der Waals surface area contributed by atoms with Crippen LogP contribution in [0.2, 0.25) is 0 Å². The molecule has 4 rings (SSSR count). The quantitative estimate of drug-likeness (QED) is 0.708. The maximum atomic E-state index is 13.1. The van der Waals surface area contributed by atoms with Crippen LogP contribution in [0.1, 0.15) is 26.3 Å².